The number of aromatic amines is 1. The number of hydrogen-bond donors (Lipinski definition) is 1. The quantitative estimate of drug-likeness (QED) is 0.919. The average Bonchev–Trinajstić information content (AvgIpc) is 2.42. The predicted molar refractivity (Wildman–Crippen MR) is 71.9 cm³/mol. The summed E-state index contributed by atoms with van der Waals surface area (Å²) in [5.41, 5.74) is -0.491. The van der Waals surface area contributed by atoms with Crippen LogP contribution in [0.5, 0.6) is 0 Å². The summed E-state index contributed by atoms with van der Waals surface area (Å²) in [7, 11) is -3.76. The van der Waals surface area contributed by atoms with Gasteiger partial charge in [0.1, 0.15) is 16.6 Å². The number of hydrogen-bond acceptors (Lipinski definition) is 5. The van der Waals surface area contributed by atoms with Crippen molar-refractivity contribution >= 4 is 21.4 Å². The van der Waals surface area contributed by atoms with Crippen LogP contribution in [0.4, 0.5) is 0 Å². The van der Waals surface area contributed by atoms with Crippen molar-refractivity contribution in [1.29, 1.82) is 5.26 Å². The lowest BCUT2D eigenvalue weighted by molar-refractivity contribution is 0.594. The van der Waals surface area contributed by atoms with Crippen molar-refractivity contribution in [1.82, 2.24) is 10.2 Å². The van der Waals surface area contributed by atoms with Gasteiger partial charge in [0.2, 0.25) is 5.43 Å². The Labute approximate surface area is 119 Å². The Morgan fingerprint density at radius 2 is 2.10 bits per heavy atom. The van der Waals surface area contributed by atoms with E-state index >= 15 is 0 Å². The number of nitrogens with zero attached hydrogens (tertiary/aromatic N) is 2. The van der Waals surface area contributed by atoms with E-state index in [0.29, 0.717) is 0 Å². The predicted octanol–water partition coefficient (Wildman–Crippen LogP) is 1.27. The third kappa shape index (κ3) is 3.04. The summed E-state index contributed by atoms with van der Waals surface area (Å²) in [6, 6.07) is 8.48. The SMILES string of the molecule is N#Cc1cccc(S(=O)(=O)Cc2n[nH]c(Cl)cc2=O)c1. The van der Waals surface area contributed by atoms with E-state index in [4.69, 9.17) is 16.9 Å². The molecule has 2 rings (SSSR count). The van der Waals surface area contributed by atoms with Crippen molar-refractivity contribution in [2.45, 2.75) is 10.6 Å². The normalized spacial score (nSPS) is 11.0. The highest BCUT2D eigenvalue weighted by molar-refractivity contribution is 7.90. The van der Waals surface area contributed by atoms with Crippen molar-refractivity contribution in [3.05, 3.63) is 57.0 Å². The molecule has 0 saturated heterocycles. The van der Waals surface area contributed by atoms with Gasteiger partial charge in [-0.05, 0) is 18.2 Å². The molecule has 0 aliphatic carbocycles. The van der Waals surface area contributed by atoms with E-state index in [1.807, 2.05) is 6.07 Å². The molecule has 0 atom stereocenters. The maximum atomic E-state index is 12.2. The molecular weight excluding hydrogens is 302 g/mol. The molecule has 2 aromatic rings. The molecule has 6 nitrogen and oxygen atoms in total. The van der Waals surface area contributed by atoms with E-state index in [1.165, 1.54) is 24.3 Å². The molecule has 0 aliphatic rings. The van der Waals surface area contributed by atoms with Crippen molar-refractivity contribution in [3.63, 3.8) is 0 Å². The second-order valence-corrected chi connectivity index (χ2v) is 6.32. The zero-order valence-electron chi connectivity index (χ0n) is 10.00. The number of sulfone groups is 1. The smallest absolute Gasteiger partial charge is 0.205 e. The Bertz CT molecular complexity index is 853. The topological polar surface area (TPSA) is 104 Å². The van der Waals surface area contributed by atoms with Crippen LogP contribution < -0.4 is 5.43 Å². The van der Waals surface area contributed by atoms with Gasteiger partial charge in [-0.1, -0.05) is 17.7 Å². The third-order valence-electron chi connectivity index (χ3n) is 2.49. The lowest BCUT2D eigenvalue weighted by Crippen LogP contribution is -2.17. The van der Waals surface area contributed by atoms with Gasteiger partial charge in [-0.15, -0.1) is 0 Å². The largest absolute Gasteiger partial charge is 0.288 e. The Balaban J connectivity index is 2.41. The van der Waals surface area contributed by atoms with Gasteiger partial charge in [0.25, 0.3) is 0 Å². The van der Waals surface area contributed by atoms with Crippen LogP contribution in [-0.4, -0.2) is 18.6 Å². The van der Waals surface area contributed by atoms with Gasteiger partial charge in [-0.3, -0.25) is 9.89 Å². The first-order chi connectivity index (χ1) is 9.42. The van der Waals surface area contributed by atoms with E-state index < -0.39 is 21.0 Å². The summed E-state index contributed by atoms with van der Waals surface area (Å²) in [6.07, 6.45) is 0. The number of rotatable bonds is 3. The molecule has 0 unspecified atom stereocenters. The summed E-state index contributed by atoms with van der Waals surface area (Å²) in [4.78, 5) is 11.6. The number of aromatic nitrogens is 2. The molecule has 102 valence electrons. The van der Waals surface area contributed by atoms with Crippen molar-refractivity contribution in [3.8, 4) is 6.07 Å². The van der Waals surface area contributed by atoms with Crippen molar-refractivity contribution in [2.24, 2.45) is 0 Å². The van der Waals surface area contributed by atoms with Crippen LogP contribution in [0.2, 0.25) is 5.15 Å². The second-order valence-electron chi connectivity index (χ2n) is 3.93. The molecule has 0 spiro atoms. The van der Waals surface area contributed by atoms with Gasteiger partial charge in [-0.25, -0.2) is 8.42 Å². The first-order valence-corrected chi connectivity index (χ1v) is 7.42. The van der Waals surface area contributed by atoms with Gasteiger partial charge in [-0.2, -0.15) is 10.4 Å². The molecule has 0 radical (unpaired) electrons. The van der Waals surface area contributed by atoms with Crippen LogP contribution in [0.3, 0.4) is 0 Å². The number of halogens is 1. The summed E-state index contributed by atoms with van der Waals surface area (Å²) >= 11 is 5.54. The monoisotopic (exact) mass is 309 g/mol. The number of H-pyrrole nitrogens is 1. The molecule has 0 aliphatic heterocycles. The van der Waals surface area contributed by atoms with Gasteiger partial charge in [0.15, 0.2) is 9.84 Å². The van der Waals surface area contributed by atoms with Gasteiger partial charge < -0.3 is 0 Å². The molecule has 8 heteroatoms. The third-order valence-corrected chi connectivity index (χ3v) is 4.31. The standard InChI is InChI=1S/C12H8ClN3O3S/c13-12-5-11(17)10(15-16-12)7-20(18,19)9-3-1-2-8(4-9)6-14/h1-5H,7H2,(H,16,17). The fourth-order valence-electron chi connectivity index (χ4n) is 1.53. The van der Waals surface area contributed by atoms with Crippen LogP contribution in [0, 0.1) is 11.3 Å². The maximum absolute atomic E-state index is 12.2. The second kappa shape index (κ2) is 5.45. The lowest BCUT2D eigenvalue weighted by Gasteiger charge is -2.04. The highest BCUT2D eigenvalue weighted by atomic mass is 35.5. The summed E-state index contributed by atoms with van der Waals surface area (Å²) in [5, 5.41) is 14.7. The minimum atomic E-state index is -3.76. The zero-order valence-corrected chi connectivity index (χ0v) is 11.6. The fourth-order valence-corrected chi connectivity index (χ4v) is 3.00. The first kappa shape index (κ1) is 14.2. The Morgan fingerprint density at radius 3 is 2.75 bits per heavy atom. The molecule has 0 amide bonds. The fraction of sp³-hybridized carbons (Fsp3) is 0.0833. The van der Waals surface area contributed by atoms with Gasteiger partial charge in [0, 0.05) is 6.07 Å². The van der Waals surface area contributed by atoms with Gasteiger partial charge in [0.05, 0.1) is 16.5 Å². The van der Waals surface area contributed by atoms with E-state index in [2.05, 4.69) is 10.2 Å². The molecule has 1 aromatic heterocycles. The van der Waals surface area contributed by atoms with Gasteiger partial charge >= 0.3 is 0 Å². The van der Waals surface area contributed by atoms with Crippen LogP contribution in [0.25, 0.3) is 0 Å². The average molecular weight is 310 g/mol. The minimum absolute atomic E-state index is 0.0302. The lowest BCUT2D eigenvalue weighted by atomic mass is 10.2. The number of nitrogens with one attached hydrogen (secondary N) is 1. The van der Waals surface area contributed by atoms with Crippen LogP contribution in [0.1, 0.15) is 11.3 Å². The molecule has 1 aromatic carbocycles. The van der Waals surface area contributed by atoms with E-state index in [0.717, 1.165) is 6.07 Å². The molecule has 0 saturated carbocycles. The van der Waals surface area contributed by atoms with E-state index in [-0.39, 0.29) is 21.3 Å². The molecule has 1 N–H and O–H groups in total. The summed E-state index contributed by atoms with van der Waals surface area (Å²) < 4.78 is 24.3. The molecule has 0 bridgehead atoms. The van der Waals surface area contributed by atoms with E-state index in [1.54, 1.807) is 0 Å². The van der Waals surface area contributed by atoms with Crippen LogP contribution in [0.15, 0.2) is 40.0 Å². The van der Waals surface area contributed by atoms with Crippen LogP contribution >= 0.6 is 11.6 Å². The molecule has 1 heterocycles. The maximum Gasteiger partial charge on any atom is 0.205 e. The van der Waals surface area contributed by atoms with Crippen molar-refractivity contribution < 1.29 is 8.42 Å². The highest BCUT2D eigenvalue weighted by Gasteiger charge is 2.19. The molecular formula is C12H8ClN3O3S. The Kier molecular flexibility index (Phi) is 3.88. The minimum Gasteiger partial charge on any atom is -0.288 e. The Morgan fingerprint density at radius 1 is 1.35 bits per heavy atom. The number of benzene rings is 1. The van der Waals surface area contributed by atoms with E-state index in [9.17, 15) is 13.2 Å². The zero-order chi connectivity index (χ0) is 14.8. The van der Waals surface area contributed by atoms with Crippen LogP contribution in [-0.2, 0) is 15.6 Å². The first-order valence-electron chi connectivity index (χ1n) is 5.39. The Hall–Kier alpha value is -2.17. The summed E-state index contributed by atoms with van der Waals surface area (Å²) in [5.74, 6) is -0.561. The molecule has 20 heavy (non-hydrogen) atoms. The van der Waals surface area contributed by atoms with Crippen molar-refractivity contribution in [2.75, 3.05) is 0 Å². The highest BCUT2D eigenvalue weighted by Crippen LogP contribution is 2.15. The summed E-state index contributed by atoms with van der Waals surface area (Å²) in [6.45, 7) is 0. The molecule has 0 fully saturated rings. The number of nitriles is 1.